The average Bonchev–Trinajstić information content (AvgIpc) is 2.96. The van der Waals surface area contributed by atoms with Gasteiger partial charge in [0.1, 0.15) is 5.82 Å². The van der Waals surface area contributed by atoms with Crippen LogP contribution in [-0.2, 0) is 0 Å². The van der Waals surface area contributed by atoms with Crippen molar-refractivity contribution in [1.82, 2.24) is 9.88 Å². The summed E-state index contributed by atoms with van der Waals surface area (Å²) in [5.74, 6) is -0.250. The topological polar surface area (TPSA) is 36.1 Å². The molecule has 4 heteroatoms. The summed E-state index contributed by atoms with van der Waals surface area (Å²) >= 11 is 0. The number of fused-ring (bicyclic) bond motifs is 1. The predicted molar refractivity (Wildman–Crippen MR) is 63.4 cm³/mol. The summed E-state index contributed by atoms with van der Waals surface area (Å²) in [6.07, 6.45) is 3.82. The van der Waals surface area contributed by atoms with Gasteiger partial charge >= 0.3 is 0 Å². The highest BCUT2D eigenvalue weighted by molar-refractivity contribution is 6.06. The van der Waals surface area contributed by atoms with E-state index in [2.05, 4.69) is 4.98 Å². The third-order valence-corrected chi connectivity index (χ3v) is 3.27. The van der Waals surface area contributed by atoms with E-state index >= 15 is 0 Å². The molecule has 1 saturated heterocycles. The Bertz CT molecular complexity index is 570. The standard InChI is InChI=1S/C13H13FN2O/c14-9-3-4-10-11(8-15-12(10)7-9)13(17)16-5-1-2-6-16/h3-4,7-8,15H,1-2,5-6H2. The number of rotatable bonds is 1. The predicted octanol–water partition coefficient (Wildman–Crippen LogP) is 2.54. The van der Waals surface area contributed by atoms with E-state index in [1.54, 1.807) is 12.3 Å². The molecule has 1 aromatic heterocycles. The zero-order valence-electron chi connectivity index (χ0n) is 9.37. The number of aromatic amines is 1. The van der Waals surface area contributed by atoms with Gasteiger partial charge in [-0.05, 0) is 31.0 Å². The maximum atomic E-state index is 13.0. The van der Waals surface area contributed by atoms with Gasteiger partial charge in [0.05, 0.1) is 5.56 Å². The van der Waals surface area contributed by atoms with Crippen molar-refractivity contribution in [2.24, 2.45) is 0 Å². The van der Waals surface area contributed by atoms with E-state index in [0.717, 1.165) is 31.3 Å². The number of nitrogens with one attached hydrogen (secondary N) is 1. The molecular formula is C13H13FN2O. The molecule has 2 aromatic rings. The lowest BCUT2D eigenvalue weighted by Gasteiger charge is -2.14. The molecule has 0 atom stereocenters. The van der Waals surface area contributed by atoms with Crippen molar-refractivity contribution >= 4 is 16.8 Å². The largest absolute Gasteiger partial charge is 0.360 e. The highest BCUT2D eigenvalue weighted by Crippen LogP contribution is 2.22. The lowest BCUT2D eigenvalue weighted by molar-refractivity contribution is 0.0795. The van der Waals surface area contributed by atoms with Crippen molar-refractivity contribution in [2.45, 2.75) is 12.8 Å². The van der Waals surface area contributed by atoms with Gasteiger partial charge in [0.25, 0.3) is 5.91 Å². The first kappa shape index (κ1) is 10.3. The fraction of sp³-hybridized carbons (Fsp3) is 0.308. The van der Waals surface area contributed by atoms with E-state index in [1.807, 2.05) is 4.90 Å². The molecule has 0 radical (unpaired) electrons. The smallest absolute Gasteiger partial charge is 0.256 e. The maximum Gasteiger partial charge on any atom is 0.256 e. The van der Waals surface area contributed by atoms with Crippen LogP contribution in [0.2, 0.25) is 0 Å². The molecule has 1 amide bonds. The van der Waals surface area contributed by atoms with Gasteiger partial charge in [-0.1, -0.05) is 0 Å². The summed E-state index contributed by atoms with van der Waals surface area (Å²) in [5.41, 5.74) is 1.31. The summed E-state index contributed by atoms with van der Waals surface area (Å²) in [7, 11) is 0. The van der Waals surface area contributed by atoms with Gasteiger partial charge < -0.3 is 9.88 Å². The van der Waals surface area contributed by atoms with Gasteiger partial charge in [-0.2, -0.15) is 0 Å². The number of carbonyl (C=O) groups is 1. The van der Waals surface area contributed by atoms with E-state index in [4.69, 9.17) is 0 Å². The van der Waals surface area contributed by atoms with Crippen LogP contribution in [0, 0.1) is 5.82 Å². The van der Waals surface area contributed by atoms with Gasteiger partial charge in [-0.15, -0.1) is 0 Å². The van der Waals surface area contributed by atoms with E-state index in [0.29, 0.717) is 11.1 Å². The molecule has 3 nitrogen and oxygen atoms in total. The Kier molecular flexibility index (Phi) is 2.35. The zero-order chi connectivity index (χ0) is 11.8. The van der Waals surface area contributed by atoms with Crippen molar-refractivity contribution in [3.8, 4) is 0 Å². The molecule has 1 aromatic carbocycles. The van der Waals surface area contributed by atoms with Crippen LogP contribution in [0.4, 0.5) is 4.39 Å². The van der Waals surface area contributed by atoms with Crippen molar-refractivity contribution in [3.63, 3.8) is 0 Å². The van der Waals surface area contributed by atoms with Gasteiger partial charge in [0.2, 0.25) is 0 Å². The Hall–Kier alpha value is -1.84. The Morgan fingerprint density at radius 1 is 1.29 bits per heavy atom. The third-order valence-electron chi connectivity index (χ3n) is 3.27. The lowest BCUT2D eigenvalue weighted by atomic mass is 10.1. The number of amides is 1. The van der Waals surface area contributed by atoms with Gasteiger partial charge in [-0.3, -0.25) is 4.79 Å². The Labute approximate surface area is 98.2 Å². The second-order valence-corrected chi connectivity index (χ2v) is 4.39. The number of carbonyl (C=O) groups excluding carboxylic acids is 1. The first-order valence-electron chi connectivity index (χ1n) is 5.81. The molecule has 2 heterocycles. The molecule has 1 N–H and O–H groups in total. The van der Waals surface area contributed by atoms with Crippen LogP contribution in [0.5, 0.6) is 0 Å². The van der Waals surface area contributed by atoms with Crippen LogP contribution in [0.25, 0.3) is 10.9 Å². The molecule has 3 rings (SSSR count). The van der Waals surface area contributed by atoms with Crippen LogP contribution in [0.15, 0.2) is 24.4 Å². The highest BCUT2D eigenvalue weighted by atomic mass is 19.1. The van der Waals surface area contributed by atoms with Crippen molar-refractivity contribution in [2.75, 3.05) is 13.1 Å². The molecule has 0 bridgehead atoms. The average molecular weight is 232 g/mol. The number of nitrogens with zero attached hydrogens (tertiary/aromatic N) is 1. The van der Waals surface area contributed by atoms with Crippen molar-refractivity contribution in [1.29, 1.82) is 0 Å². The summed E-state index contributed by atoms with van der Waals surface area (Å²) in [4.78, 5) is 17.0. The normalized spacial score (nSPS) is 15.7. The molecular weight excluding hydrogens is 219 g/mol. The van der Waals surface area contributed by atoms with E-state index < -0.39 is 0 Å². The minimum absolute atomic E-state index is 0.0420. The van der Waals surface area contributed by atoms with Gasteiger partial charge in [-0.25, -0.2) is 4.39 Å². The summed E-state index contributed by atoms with van der Waals surface area (Å²) in [6, 6.07) is 4.46. The van der Waals surface area contributed by atoms with Crippen LogP contribution in [0.1, 0.15) is 23.2 Å². The summed E-state index contributed by atoms with van der Waals surface area (Å²) in [6.45, 7) is 1.65. The quantitative estimate of drug-likeness (QED) is 0.805. The maximum absolute atomic E-state index is 13.0. The Morgan fingerprint density at radius 2 is 2.06 bits per heavy atom. The minimum atomic E-state index is -0.292. The first-order chi connectivity index (χ1) is 8.25. The molecule has 1 aliphatic heterocycles. The molecule has 1 aliphatic rings. The molecule has 1 fully saturated rings. The summed E-state index contributed by atoms with van der Waals surface area (Å²) in [5, 5.41) is 0.795. The van der Waals surface area contributed by atoms with Crippen LogP contribution in [-0.4, -0.2) is 28.9 Å². The van der Waals surface area contributed by atoms with Crippen LogP contribution >= 0.6 is 0 Å². The van der Waals surface area contributed by atoms with E-state index in [1.165, 1.54) is 12.1 Å². The van der Waals surface area contributed by atoms with E-state index in [9.17, 15) is 9.18 Å². The number of H-pyrrole nitrogens is 1. The SMILES string of the molecule is O=C(c1c[nH]c2cc(F)ccc12)N1CCCC1. The van der Waals surface area contributed by atoms with Gasteiger partial charge in [0.15, 0.2) is 0 Å². The molecule has 88 valence electrons. The fourth-order valence-electron chi connectivity index (χ4n) is 2.37. The second kappa shape index (κ2) is 3.87. The molecule has 0 unspecified atom stereocenters. The fourth-order valence-corrected chi connectivity index (χ4v) is 2.37. The number of likely N-dealkylation sites (tertiary alicyclic amines) is 1. The third kappa shape index (κ3) is 1.69. The Balaban J connectivity index is 2.02. The van der Waals surface area contributed by atoms with Crippen LogP contribution in [0.3, 0.4) is 0 Å². The first-order valence-corrected chi connectivity index (χ1v) is 5.81. The summed E-state index contributed by atoms with van der Waals surface area (Å²) < 4.78 is 13.0. The number of aromatic nitrogens is 1. The van der Waals surface area contributed by atoms with Crippen molar-refractivity contribution in [3.05, 3.63) is 35.8 Å². The second-order valence-electron chi connectivity index (χ2n) is 4.39. The Morgan fingerprint density at radius 3 is 2.82 bits per heavy atom. The highest BCUT2D eigenvalue weighted by Gasteiger charge is 2.21. The molecule has 0 aliphatic carbocycles. The van der Waals surface area contributed by atoms with Crippen molar-refractivity contribution < 1.29 is 9.18 Å². The molecule has 0 spiro atoms. The number of hydrogen-bond acceptors (Lipinski definition) is 1. The minimum Gasteiger partial charge on any atom is -0.360 e. The van der Waals surface area contributed by atoms with Gasteiger partial charge in [0, 0.05) is 30.2 Å². The molecule has 0 saturated carbocycles. The van der Waals surface area contributed by atoms with Crippen LogP contribution < -0.4 is 0 Å². The number of benzene rings is 1. The van der Waals surface area contributed by atoms with E-state index in [-0.39, 0.29) is 11.7 Å². The number of hydrogen-bond donors (Lipinski definition) is 1. The number of halogens is 1. The lowest BCUT2D eigenvalue weighted by Crippen LogP contribution is -2.27. The molecule has 17 heavy (non-hydrogen) atoms. The monoisotopic (exact) mass is 232 g/mol. The zero-order valence-corrected chi connectivity index (χ0v) is 9.37.